The zero-order chi connectivity index (χ0) is 18.1. The van der Waals surface area contributed by atoms with Gasteiger partial charge in [-0.1, -0.05) is 0 Å². The fourth-order valence-corrected chi connectivity index (χ4v) is 3.97. The van der Waals surface area contributed by atoms with Gasteiger partial charge in [-0.2, -0.15) is 23.1 Å². The summed E-state index contributed by atoms with van der Waals surface area (Å²) in [5, 5.41) is 7.10. The molecule has 25 heavy (non-hydrogen) atoms. The molecular weight excluding hydrogens is 358 g/mol. The van der Waals surface area contributed by atoms with Gasteiger partial charge in [-0.25, -0.2) is 9.59 Å². The Hall–Kier alpha value is -1.25. The number of hydrogen-bond donors (Lipinski definition) is 1. The van der Waals surface area contributed by atoms with Crippen LogP contribution in [-0.2, 0) is 16.1 Å². The average molecular weight is 386 g/mol. The first-order chi connectivity index (χ1) is 12.1. The molecule has 0 aromatic carbocycles. The fourth-order valence-electron chi connectivity index (χ4n) is 2.84. The van der Waals surface area contributed by atoms with E-state index in [4.69, 9.17) is 4.74 Å². The summed E-state index contributed by atoms with van der Waals surface area (Å²) in [6, 6.07) is 1.40. The van der Waals surface area contributed by atoms with Crippen molar-refractivity contribution in [2.75, 3.05) is 45.3 Å². The quantitative estimate of drug-likeness (QED) is 0.730. The third kappa shape index (κ3) is 6.52. The molecule has 1 unspecified atom stereocenters. The molecule has 0 bridgehead atoms. The lowest BCUT2D eigenvalue weighted by molar-refractivity contribution is -0.142. The van der Waals surface area contributed by atoms with Gasteiger partial charge in [-0.3, -0.25) is 4.90 Å². The summed E-state index contributed by atoms with van der Waals surface area (Å²) in [5.74, 6) is 0.422. The summed E-state index contributed by atoms with van der Waals surface area (Å²) in [4.78, 5) is 28.6. The third-order valence-electron chi connectivity index (χ3n) is 4.26. The minimum Gasteiger partial charge on any atom is -0.467 e. The Balaban J connectivity index is 1.85. The van der Waals surface area contributed by atoms with E-state index in [9.17, 15) is 9.59 Å². The SMILES string of the molecule is COC(=O)C(CCSC)NC(=O)N1CCCN(Cc2ccsc2)CC1. The summed E-state index contributed by atoms with van der Waals surface area (Å²) in [6.07, 6.45) is 3.50. The van der Waals surface area contributed by atoms with Gasteiger partial charge in [-0.15, -0.1) is 0 Å². The Morgan fingerprint density at radius 2 is 2.20 bits per heavy atom. The van der Waals surface area contributed by atoms with Crippen LogP contribution in [0, 0.1) is 0 Å². The van der Waals surface area contributed by atoms with E-state index >= 15 is 0 Å². The molecule has 0 radical (unpaired) electrons. The number of amides is 2. The van der Waals surface area contributed by atoms with Gasteiger partial charge >= 0.3 is 12.0 Å². The van der Waals surface area contributed by atoms with Gasteiger partial charge in [0.25, 0.3) is 0 Å². The van der Waals surface area contributed by atoms with Crippen LogP contribution in [0.1, 0.15) is 18.4 Å². The molecule has 2 rings (SSSR count). The standard InChI is InChI=1S/C17H27N3O3S2/c1-23-16(21)15(5-10-24-2)18-17(22)20-7-3-6-19(8-9-20)12-14-4-11-25-13-14/h4,11,13,15H,3,5-10,12H2,1-2H3,(H,18,22). The highest BCUT2D eigenvalue weighted by Gasteiger charge is 2.25. The number of carbonyl (C=O) groups excluding carboxylic acids is 2. The Labute approximate surface area is 157 Å². The molecular formula is C17H27N3O3S2. The molecule has 1 aromatic rings. The van der Waals surface area contributed by atoms with Crippen molar-refractivity contribution >= 4 is 35.1 Å². The summed E-state index contributed by atoms with van der Waals surface area (Å²) in [5.41, 5.74) is 1.32. The second-order valence-corrected chi connectivity index (χ2v) is 7.82. The lowest BCUT2D eigenvalue weighted by Crippen LogP contribution is -2.49. The van der Waals surface area contributed by atoms with E-state index in [1.54, 1.807) is 23.1 Å². The van der Waals surface area contributed by atoms with E-state index < -0.39 is 6.04 Å². The fraction of sp³-hybridized carbons (Fsp3) is 0.647. The lowest BCUT2D eigenvalue weighted by Gasteiger charge is -2.24. The molecule has 1 aliphatic heterocycles. The molecule has 1 aromatic heterocycles. The highest BCUT2D eigenvalue weighted by molar-refractivity contribution is 7.98. The zero-order valence-corrected chi connectivity index (χ0v) is 16.5. The smallest absolute Gasteiger partial charge is 0.328 e. The average Bonchev–Trinajstić information content (AvgIpc) is 3.01. The number of urea groups is 1. The molecule has 6 nitrogen and oxygen atoms in total. The van der Waals surface area contributed by atoms with E-state index in [2.05, 4.69) is 27.0 Å². The van der Waals surface area contributed by atoms with Crippen molar-refractivity contribution in [1.82, 2.24) is 15.1 Å². The topological polar surface area (TPSA) is 61.9 Å². The van der Waals surface area contributed by atoms with E-state index in [1.165, 1.54) is 12.7 Å². The van der Waals surface area contributed by atoms with Crippen molar-refractivity contribution in [3.05, 3.63) is 22.4 Å². The van der Waals surface area contributed by atoms with Crippen LogP contribution in [0.25, 0.3) is 0 Å². The van der Waals surface area contributed by atoms with E-state index in [1.807, 2.05) is 11.2 Å². The van der Waals surface area contributed by atoms with Crippen LogP contribution in [0.15, 0.2) is 16.8 Å². The number of hydrogen-bond acceptors (Lipinski definition) is 6. The lowest BCUT2D eigenvalue weighted by atomic mass is 10.2. The number of methoxy groups -OCH3 is 1. The van der Waals surface area contributed by atoms with Crippen LogP contribution in [0.4, 0.5) is 4.79 Å². The summed E-state index contributed by atoms with van der Waals surface area (Å²) in [7, 11) is 1.36. The van der Waals surface area contributed by atoms with Crippen molar-refractivity contribution < 1.29 is 14.3 Å². The maximum Gasteiger partial charge on any atom is 0.328 e. The second kappa shape index (κ2) is 10.7. The van der Waals surface area contributed by atoms with Crippen molar-refractivity contribution in [2.45, 2.75) is 25.4 Å². The molecule has 1 N–H and O–H groups in total. The van der Waals surface area contributed by atoms with E-state index in [0.29, 0.717) is 19.5 Å². The van der Waals surface area contributed by atoms with Crippen molar-refractivity contribution in [2.24, 2.45) is 0 Å². The van der Waals surface area contributed by atoms with Crippen LogP contribution in [0.3, 0.4) is 0 Å². The number of carbonyl (C=O) groups is 2. The zero-order valence-electron chi connectivity index (χ0n) is 14.9. The maximum absolute atomic E-state index is 12.6. The van der Waals surface area contributed by atoms with Gasteiger partial charge in [0, 0.05) is 32.7 Å². The molecule has 140 valence electrons. The van der Waals surface area contributed by atoms with Crippen LogP contribution in [0.5, 0.6) is 0 Å². The van der Waals surface area contributed by atoms with Gasteiger partial charge in [0.2, 0.25) is 0 Å². The molecule has 0 spiro atoms. The molecule has 1 fully saturated rings. The molecule has 2 heterocycles. The van der Waals surface area contributed by atoms with E-state index in [0.717, 1.165) is 31.8 Å². The maximum atomic E-state index is 12.6. The number of thiophene rings is 1. The van der Waals surface area contributed by atoms with Gasteiger partial charge in [0.1, 0.15) is 6.04 Å². The van der Waals surface area contributed by atoms with Crippen LogP contribution >= 0.6 is 23.1 Å². The first kappa shape index (κ1) is 20.1. The Morgan fingerprint density at radius 3 is 2.88 bits per heavy atom. The van der Waals surface area contributed by atoms with Crippen molar-refractivity contribution in [3.63, 3.8) is 0 Å². The minimum absolute atomic E-state index is 0.172. The summed E-state index contributed by atoms with van der Waals surface area (Å²) < 4.78 is 4.81. The Morgan fingerprint density at radius 1 is 1.36 bits per heavy atom. The van der Waals surface area contributed by atoms with Crippen molar-refractivity contribution in [1.29, 1.82) is 0 Å². The third-order valence-corrected chi connectivity index (χ3v) is 5.63. The molecule has 0 saturated carbocycles. The number of nitrogens with zero attached hydrogens (tertiary/aromatic N) is 2. The van der Waals surface area contributed by atoms with Crippen LogP contribution in [0.2, 0.25) is 0 Å². The molecule has 1 saturated heterocycles. The summed E-state index contributed by atoms with van der Waals surface area (Å²) in [6.45, 7) is 4.13. The normalized spacial score (nSPS) is 17.0. The first-order valence-corrected chi connectivity index (χ1v) is 10.8. The molecule has 1 atom stereocenters. The van der Waals surface area contributed by atoms with Crippen LogP contribution < -0.4 is 5.32 Å². The Kier molecular flexibility index (Phi) is 8.57. The second-order valence-electron chi connectivity index (χ2n) is 6.06. The number of esters is 1. The number of thioether (sulfide) groups is 1. The monoisotopic (exact) mass is 385 g/mol. The number of ether oxygens (including phenoxy) is 1. The molecule has 0 aliphatic carbocycles. The minimum atomic E-state index is -0.574. The number of rotatable bonds is 7. The first-order valence-electron chi connectivity index (χ1n) is 8.49. The molecule has 1 aliphatic rings. The summed E-state index contributed by atoms with van der Waals surface area (Å²) >= 11 is 3.36. The van der Waals surface area contributed by atoms with Crippen LogP contribution in [-0.4, -0.2) is 73.1 Å². The Bertz CT molecular complexity index is 539. The predicted octanol–water partition coefficient (Wildman–Crippen LogP) is 2.26. The van der Waals surface area contributed by atoms with E-state index in [-0.39, 0.29) is 12.0 Å². The predicted molar refractivity (Wildman–Crippen MR) is 103 cm³/mol. The molecule has 8 heteroatoms. The van der Waals surface area contributed by atoms with Gasteiger partial charge in [0.05, 0.1) is 7.11 Å². The largest absolute Gasteiger partial charge is 0.467 e. The highest BCUT2D eigenvalue weighted by atomic mass is 32.2. The van der Waals surface area contributed by atoms with Gasteiger partial charge in [-0.05, 0) is 47.2 Å². The highest BCUT2D eigenvalue weighted by Crippen LogP contribution is 2.12. The molecule has 2 amide bonds. The van der Waals surface area contributed by atoms with Gasteiger partial charge in [0.15, 0.2) is 0 Å². The van der Waals surface area contributed by atoms with Crippen molar-refractivity contribution in [3.8, 4) is 0 Å². The number of nitrogens with one attached hydrogen (secondary N) is 1. The van der Waals surface area contributed by atoms with Gasteiger partial charge < -0.3 is 15.0 Å².